The molecule has 0 saturated carbocycles. The van der Waals surface area contributed by atoms with Crippen LogP contribution in [0.3, 0.4) is 0 Å². The minimum atomic E-state index is -3.96. The van der Waals surface area contributed by atoms with Crippen molar-refractivity contribution >= 4 is 36.4 Å². The van der Waals surface area contributed by atoms with Crippen molar-refractivity contribution < 1.29 is 7.87 Å². The molecule has 4 rings (SSSR count). The van der Waals surface area contributed by atoms with Crippen LogP contribution in [-0.4, -0.2) is 24.8 Å². The van der Waals surface area contributed by atoms with Crippen LogP contribution in [0.4, 0.5) is 0 Å². The van der Waals surface area contributed by atoms with Gasteiger partial charge in [0.25, 0.3) is 0 Å². The van der Waals surface area contributed by atoms with Crippen molar-refractivity contribution in [2.45, 2.75) is 71.1 Å². The maximum absolute atomic E-state index is 14.0. The SMILES string of the molecule is CC(C)([CH2][Sn]([CH2]C(C)(C)c1ccccc1)([CH2]C(C)(C)c1ccccc1)[O]C(=O)c1ccc(Cl)cc1)c1ccccc1. The van der Waals surface area contributed by atoms with Crippen LogP contribution in [0.2, 0.25) is 18.3 Å². The Morgan fingerprint density at radius 2 is 0.878 bits per heavy atom. The number of carbonyl (C=O) groups excluding carboxylic acids is 1. The molecule has 0 fully saturated rings. The summed E-state index contributed by atoms with van der Waals surface area (Å²) in [5.74, 6) is -0.228. The van der Waals surface area contributed by atoms with Gasteiger partial charge in [-0.2, -0.15) is 0 Å². The molecule has 0 saturated heterocycles. The van der Waals surface area contributed by atoms with Crippen LogP contribution in [0, 0.1) is 0 Å². The first-order valence-corrected chi connectivity index (χ1v) is 22.1. The molecule has 0 aromatic heterocycles. The first kappa shape index (κ1) is 31.4. The van der Waals surface area contributed by atoms with E-state index in [1.807, 2.05) is 0 Å². The second kappa shape index (κ2) is 12.8. The summed E-state index contributed by atoms with van der Waals surface area (Å²) in [6.07, 6.45) is 0. The fourth-order valence-electron chi connectivity index (χ4n) is 6.53. The van der Waals surface area contributed by atoms with Gasteiger partial charge in [-0.05, 0) is 0 Å². The predicted octanol–water partition coefficient (Wildman–Crippen LogP) is 10.4. The number of hydrogen-bond donors (Lipinski definition) is 0. The summed E-state index contributed by atoms with van der Waals surface area (Å²) in [6, 6.07) is 39.2. The van der Waals surface area contributed by atoms with Gasteiger partial charge in [0.2, 0.25) is 0 Å². The third kappa shape index (κ3) is 8.05. The molecule has 0 atom stereocenters. The molecule has 0 spiro atoms. The molecule has 0 aliphatic rings. The second-order valence-electron chi connectivity index (χ2n) is 13.4. The zero-order chi connectivity index (χ0) is 29.7. The van der Waals surface area contributed by atoms with Crippen molar-refractivity contribution in [3.8, 4) is 0 Å². The van der Waals surface area contributed by atoms with Crippen molar-refractivity contribution in [2.75, 3.05) is 0 Å². The van der Waals surface area contributed by atoms with Crippen LogP contribution in [0.25, 0.3) is 0 Å². The fraction of sp³-hybridized carbons (Fsp3) is 0.324. The van der Waals surface area contributed by atoms with Crippen LogP contribution in [0.15, 0.2) is 115 Å². The number of carbonyl (C=O) groups is 1. The molecule has 0 radical (unpaired) electrons. The molecule has 41 heavy (non-hydrogen) atoms. The predicted molar refractivity (Wildman–Crippen MR) is 175 cm³/mol. The quantitative estimate of drug-likeness (QED) is 0.148. The topological polar surface area (TPSA) is 26.3 Å². The van der Waals surface area contributed by atoms with Gasteiger partial charge < -0.3 is 0 Å². The second-order valence-corrected chi connectivity index (χ2v) is 24.2. The van der Waals surface area contributed by atoms with Crippen LogP contribution < -0.4 is 0 Å². The molecule has 2 nitrogen and oxygen atoms in total. The molecular formula is C37H43ClO2Sn. The molecule has 0 bridgehead atoms. The zero-order valence-corrected chi connectivity index (χ0v) is 28.9. The molecular weight excluding hydrogens is 631 g/mol. The molecule has 0 heterocycles. The van der Waals surface area contributed by atoms with E-state index in [2.05, 4.69) is 133 Å². The molecule has 0 amide bonds. The van der Waals surface area contributed by atoms with Gasteiger partial charge in [0.15, 0.2) is 0 Å². The van der Waals surface area contributed by atoms with E-state index < -0.39 is 18.8 Å². The van der Waals surface area contributed by atoms with Crippen molar-refractivity contribution in [1.82, 2.24) is 0 Å². The third-order valence-corrected chi connectivity index (χ3v) is 23.4. The van der Waals surface area contributed by atoms with Gasteiger partial charge >= 0.3 is 258 Å². The number of halogens is 1. The first-order valence-electron chi connectivity index (χ1n) is 14.5. The third-order valence-electron chi connectivity index (χ3n) is 8.35. The monoisotopic (exact) mass is 674 g/mol. The van der Waals surface area contributed by atoms with E-state index in [-0.39, 0.29) is 22.2 Å². The summed E-state index contributed by atoms with van der Waals surface area (Å²) in [5.41, 5.74) is 3.88. The summed E-state index contributed by atoms with van der Waals surface area (Å²) >= 11 is 2.21. The summed E-state index contributed by atoms with van der Waals surface area (Å²) in [4.78, 5) is 14.0. The summed E-state index contributed by atoms with van der Waals surface area (Å²) in [6.45, 7) is 13.9. The van der Waals surface area contributed by atoms with E-state index in [1.54, 1.807) is 24.3 Å². The Bertz CT molecular complexity index is 1280. The van der Waals surface area contributed by atoms with Gasteiger partial charge in [-0.1, -0.05) is 0 Å². The van der Waals surface area contributed by atoms with Gasteiger partial charge in [0.05, 0.1) is 0 Å². The Morgan fingerprint density at radius 3 is 1.20 bits per heavy atom. The summed E-state index contributed by atoms with van der Waals surface area (Å²) in [5, 5.41) is 0.608. The van der Waals surface area contributed by atoms with Crippen molar-refractivity contribution in [3.63, 3.8) is 0 Å². The van der Waals surface area contributed by atoms with E-state index in [0.29, 0.717) is 10.6 Å². The fourth-order valence-corrected chi connectivity index (χ4v) is 25.3. The van der Waals surface area contributed by atoms with E-state index >= 15 is 0 Å². The average Bonchev–Trinajstić information content (AvgIpc) is 2.94. The van der Waals surface area contributed by atoms with Gasteiger partial charge in [0.1, 0.15) is 0 Å². The molecule has 4 aromatic rings. The van der Waals surface area contributed by atoms with Crippen molar-refractivity contribution in [3.05, 3.63) is 143 Å². The van der Waals surface area contributed by atoms with Crippen LogP contribution in [0.1, 0.15) is 68.6 Å². The molecule has 0 aliphatic carbocycles. The molecule has 4 heteroatoms. The molecule has 0 unspecified atom stereocenters. The Morgan fingerprint density at radius 1 is 0.561 bits per heavy atom. The van der Waals surface area contributed by atoms with Crippen LogP contribution in [0.5, 0.6) is 0 Å². The number of hydrogen-bond acceptors (Lipinski definition) is 2. The Balaban J connectivity index is 1.86. The molecule has 214 valence electrons. The van der Waals surface area contributed by atoms with Gasteiger partial charge in [-0.25, -0.2) is 0 Å². The standard InChI is InChI=1S/3C10H13.C7H5ClO2.Sn/c3*1-10(2,3)9-7-5-4-6-8-9;8-6-3-1-5(2-4-6)7(9)10;/h3*4-8H,1H2,2-3H3;1-4H,(H,9,10);/q;;;;+1/p-1. The van der Waals surface area contributed by atoms with Gasteiger partial charge in [0, 0.05) is 0 Å². The van der Waals surface area contributed by atoms with E-state index in [4.69, 9.17) is 14.7 Å². The van der Waals surface area contributed by atoms with E-state index in [1.165, 1.54) is 16.7 Å². The van der Waals surface area contributed by atoms with Crippen LogP contribution >= 0.6 is 11.6 Å². The first-order chi connectivity index (χ1) is 19.3. The Kier molecular flexibility index (Phi) is 9.76. The number of benzene rings is 4. The van der Waals surface area contributed by atoms with E-state index in [0.717, 1.165) is 13.3 Å². The number of rotatable bonds is 11. The maximum atomic E-state index is 14.0. The molecule has 4 aromatic carbocycles. The molecule has 0 aliphatic heterocycles. The zero-order valence-electron chi connectivity index (χ0n) is 25.3. The van der Waals surface area contributed by atoms with Crippen LogP contribution in [-0.2, 0) is 19.3 Å². The van der Waals surface area contributed by atoms with Crippen molar-refractivity contribution in [2.24, 2.45) is 0 Å². The summed E-state index contributed by atoms with van der Waals surface area (Å²) < 4.78 is 9.68. The normalized spacial score (nSPS) is 12.7. The van der Waals surface area contributed by atoms with E-state index in [9.17, 15) is 4.79 Å². The summed E-state index contributed by atoms with van der Waals surface area (Å²) in [7, 11) is 0. The van der Waals surface area contributed by atoms with Crippen molar-refractivity contribution in [1.29, 1.82) is 0 Å². The van der Waals surface area contributed by atoms with Gasteiger partial charge in [-0.3, -0.25) is 0 Å². The average molecular weight is 674 g/mol. The Hall–Kier alpha value is -2.56. The minimum absolute atomic E-state index is 0.169. The van der Waals surface area contributed by atoms with Gasteiger partial charge in [-0.15, -0.1) is 0 Å². The Labute approximate surface area is 256 Å². The molecule has 0 N–H and O–H groups in total.